The Kier molecular flexibility index (Phi) is 5.53. The van der Waals surface area contributed by atoms with E-state index in [-0.39, 0.29) is 17.3 Å². The molecule has 1 atom stereocenters. The second-order valence-electron chi connectivity index (χ2n) is 3.60. The maximum Gasteiger partial charge on any atom is 0.328 e. The Bertz CT molecular complexity index is 464. The van der Waals surface area contributed by atoms with Crippen molar-refractivity contribution >= 4 is 29.3 Å². The standard InChI is InChI=1S/C11H12ClFN2O4/c1-19-5-9(10(16)17)15-11(18)14-8-3-6(12)2-7(13)4-8/h2-4,9H,5H2,1H3,(H,16,17)(H2,14,15,18). The van der Waals surface area contributed by atoms with Crippen molar-refractivity contribution in [1.29, 1.82) is 0 Å². The zero-order valence-electron chi connectivity index (χ0n) is 9.94. The molecule has 0 spiro atoms. The molecule has 8 heteroatoms. The topological polar surface area (TPSA) is 87.7 Å². The van der Waals surface area contributed by atoms with Gasteiger partial charge in [-0.25, -0.2) is 14.0 Å². The van der Waals surface area contributed by atoms with Crippen molar-refractivity contribution in [3.05, 3.63) is 29.0 Å². The van der Waals surface area contributed by atoms with Gasteiger partial charge >= 0.3 is 12.0 Å². The number of carbonyl (C=O) groups is 2. The number of urea groups is 1. The predicted octanol–water partition coefficient (Wildman–Crippen LogP) is 1.70. The number of nitrogens with one attached hydrogen (secondary N) is 2. The van der Waals surface area contributed by atoms with Gasteiger partial charge in [0, 0.05) is 17.8 Å². The first kappa shape index (κ1) is 15.2. The Morgan fingerprint density at radius 1 is 1.47 bits per heavy atom. The number of aliphatic carboxylic acids is 1. The Balaban J connectivity index is 2.66. The molecule has 0 radical (unpaired) electrons. The van der Waals surface area contributed by atoms with Crippen molar-refractivity contribution in [3.8, 4) is 0 Å². The Morgan fingerprint density at radius 3 is 2.68 bits per heavy atom. The van der Waals surface area contributed by atoms with Crippen LogP contribution < -0.4 is 10.6 Å². The lowest BCUT2D eigenvalue weighted by Crippen LogP contribution is -2.45. The second-order valence-corrected chi connectivity index (χ2v) is 4.04. The van der Waals surface area contributed by atoms with E-state index in [0.717, 1.165) is 12.1 Å². The smallest absolute Gasteiger partial charge is 0.328 e. The van der Waals surface area contributed by atoms with Crippen LogP contribution in [0.3, 0.4) is 0 Å². The van der Waals surface area contributed by atoms with E-state index in [1.54, 1.807) is 0 Å². The number of carboxylic acids is 1. The molecular weight excluding hydrogens is 279 g/mol. The lowest BCUT2D eigenvalue weighted by molar-refractivity contribution is -0.140. The molecule has 0 aliphatic carbocycles. The zero-order valence-corrected chi connectivity index (χ0v) is 10.7. The highest BCUT2D eigenvalue weighted by Gasteiger charge is 2.19. The fraction of sp³-hybridized carbons (Fsp3) is 0.273. The average Bonchev–Trinajstić information content (AvgIpc) is 2.26. The van der Waals surface area contributed by atoms with Crippen LogP contribution in [0.25, 0.3) is 0 Å². The summed E-state index contributed by atoms with van der Waals surface area (Å²) in [5, 5.41) is 13.4. The Hall–Kier alpha value is -1.86. The van der Waals surface area contributed by atoms with Gasteiger partial charge in [-0.05, 0) is 18.2 Å². The molecule has 6 nitrogen and oxygen atoms in total. The molecule has 3 N–H and O–H groups in total. The highest BCUT2D eigenvalue weighted by atomic mass is 35.5. The third kappa shape index (κ3) is 5.11. The van der Waals surface area contributed by atoms with Crippen molar-refractivity contribution in [1.82, 2.24) is 5.32 Å². The largest absolute Gasteiger partial charge is 0.480 e. The van der Waals surface area contributed by atoms with E-state index >= 15 is 0 Å². The fourth-order valence-electron chi connectivity index (χ4n) is 1.29. The van der Waals surface area contributed by atoms with Crippen LogP contribution in [-0.2, 0) is 9.53 Å². The average molecular weight is 291 g/mol. The molecule has 1 unspecified atom stereocenters. The van der Waals surface area contributed by atoms with E-state index in [9.17, 15) is 14.0 Å². The van der Waals surface area contributed by atoms with Gasteiger partial charge in [-0.1, -0.05) is 11.6 Å². The first-order valence-electron chi connectivity index (χ1n) is 5.17. The van der Waals surface area contributed by atoms with Gasteiger partial charge in [0.15, 0.2) is 6.04 Å². The molecule has 19 heavy (non-hydrogen) atoms. The van der Waals surface area contributed by atoms with E-state index in [1.807, 2.05) is 0 Å². The number of halogens is 2. The molecule has 0 saturated carbocycles. The lowest BCUT2D eigenvalue weighted by Gasteiger charge is -2.14. The Morgan fingerprint density at radius 2 is 2.16 bits per heavy atom. The van der Waals surface area contributed by atoms with E-state index in [2.05, 4.69) is 15.4 Å². The number of carbonyl (C=O) groups excluding carboxylic acids is 1. The van der Waals surface area contributed by atoms with Crippen molar-refractivity contribution < 1.29 is 23.8 Å². The fourth-order valence-corrected chi connectivity index (χ4v) is 1.51. The van der Waals surface area contributed by atoms with Gasteiger partial charge < -0.3 is 20.5 Å². The molecule has 0 bridgehead atoms. The van der Waals surface area contributed by atoms with Gasteiger partial charge in [0.05, 0.1) is 6.61 Å². The minimum absolute atomic E-state index is 0.113. The third-order valence-electron chi connectivity index (χ3n) is 2.06. The van der Waals surface area contributed by atoms with Gasteiger partial charge in [-0.3, -0.25) is 0 Å². The summed E-state index contributed by atoms with van der Waals surface area (Å²) in [5.74, 6) is -1.86. The first-order valence-corrected chi connectivity index (χ1v) is 5.55. The van der Waals surface area contributed by atoms with E-state index in [0.29, 0.717) is 0 Å². The van der Waals surface area contributed by atoms with Gasteiger partial charge in [0.2, 0.25) is 0 Å². The van der Waals surface area contributed by atoms with Crippen molar-refractivity contribution in [3.63, 3.8) is 0 Å². The summed E-state index contributed by atoms with van der Waals surface area (Å²) in [5.41, 5.74) is 0.115. The van der Waals surface area contributed by atoms with E-state index < -0.39 is 23.9 Å². The summed E-state index contributed by atoms with van der Waals surface area (Å²) in [6, 6.07) is 1.46. The summed E-state index contributed by atoms with van der Waals surface area (Å²) >= 11 is 5.61. The van der Waals surface area contributed by atoms with E-state index in [1.165, 1.54) is 13.2 Å². The Labute approximate surface area is 113 Å². The van der Waals surface area contributed by atoms with Gasteiger partial charge in [0.1, 0.15) is 5.82 Å². The number of hydrogen-bond acceptors (Lipinski definition) is 3. The number of methoxy groups -OCH3 is 1. The number of hydrogen-bond donors (Lipinski definition) is 3. The number of amides is 2. The van der Waals surface area contributed by atoms with Gasteiger partial charge in [-0.2, -0.15) is 0 Å². The molecular formula is C11H12ClFN2O4. The number of anilines is 1. The minimum atomic E-state index is -1.24. The molecule has 0 aliphatic heterocycles. The van der Waals surface area contributed by atoms with Crippen molar-refractivity contribution in [2.24, 2.45) is 0 Å². The highest BCUT2D eigenvalue weighted by molar-refractivity contribution is 6.30. The normalized spacial score (nSPS) is 11.7. The molecule has 1 rings (SSSR count). The van der Waals surface area contributed by atoms with Crippen LogP contribution in [0.4, 0.5) is 14.9 Å². The van der Waals surface area contributed by atoms with Crippen LogP contribution in [-0.4, -0.2) is 36.9 Å². The van der Waals surface area contributed by atoms with Crippen LogP contribution in [0.5, 0.6) is 0 Å². The summed E-state index contributed by atoms with van der Waals surface area (Å²) in [4.78, 5) is 22.3. The molecule has 0 fully saturated rings. The van der Waals surface area contributed by atoms with Gasteiger partial charge in [0.25, 0.3) is 0 Å². The van der Waals surface area contributed by atoms with Gasteiger partial charge in [-0.15, -0.1) is 0 Å². The molecule has 1 aromatic carbocycles. The van der Waals surface area contributed by atoms with E-state index in [4.69, 9.17) is 16.7 Å². The molecule has 0 aliphatic rings. The first-order chi connectivity index (χ1) is 8.92. The number of carboxylic acid groups (broad SMARTS) is 1. The van der Waals surface area contributed by atoms with Crippen LogP contribution in [0, 0.1) is 5.82 Å². The molecule has 2 amide bonds. The van der Waals surface area contributed by atoms with Crippen molar-refractivity contribution in [2.75, 3.05) is 19.0 Å². The van der Waals surface area contributed by atoms with Crippen molar-refractivity contribution in [2.45, 2.75) is 6.04 Å². The quantitative estimate of drug-likeness (QED) is 0.770. The zero-order chi connectivity index (χ0) is 14.4. The molecule has 0 heterocycles. The second kappa shape index (κ2) is 6.91. The minimum Gasteiger partial charge on any atom is -0.480 e. The lowest BCUT2D eigenvalue weighted by atomic mass is 10.3. The molecule has 1 aromatic rings. The maximum absolute atomic E-state index is 13.0. The molecule has 0 saturated heterocycles. The van der Waals surface area contributed by atoms with Crippen LogP contribution >= 0.6 is 11.6 Å². The van der Waals surface area contributed by atoms with Crippen LogP contribution in [0.1, 0.15) is 0 Å². The summed E-state index contributed by atoms with van der Waals surface area (Å²) < 4.78 is 17.7. The maximum atomic E-state index is 13.0. The van der Waals surface area contributed by atoms with Crippen LogP contribution in [0.15, 0.2) is 18.2 Å². The highest BCUT2D eigenvalue weighted by Crippen LogP contribution is 2.17. The molecule has 104 valence electrons. The summed E-state index contributed by atoms with van der Waals surface area (Å²) in [6.45, 7) is -0.188. The number of ether oxygens (including phenoxy) is 1. The predicted molar refractivity (Wildman–Crippen MR) is 66.9 cm³/mol. The monoisotopic (exact) mass is 290 g/mol. The summed E-state index contributed by atoms with van der Waals surface area (Å²) in [7, 11) is 1.31. The van der Waals surface area contributed by atoms with Crippen LogP contribution in [0.2, 0.25) is 5.02 Å². The SMILES string of the molecule is COCC(NC(=O)Nc1cc(F)cc(Cl)c1)C(=O)O. The third-order valence-corrected chi connectivity index (χ3v) is 2.28. The summed E-state index contributed by atoms with van der Waals surface area (Å²) in [6.07, 6.45) is 0. The number of benzene rings is 1. The molecule has 0 aromatic heterocycles. The number of rotatable bonds is 5.